The predicted octanol–water partition coefficient (Wildman–Crippen LogP) is 2.47. The molecule has 0 aromatic heterocycles. The molecule has 1 heterocycles. The van der Waals surface area contributed by atoms with Gasteiger partial charge in [0.1, 0.15) is 0 Å². The highest BCUT2D eigenvalue weighted by Gasteiger charge is 2.25. The van der Waals surface area contributed by atoms with Crippen molar-refractivity contribution >= 4 is 11.6 Å². The summed E-state index contributed by atoms with van der Waals surface area (Å²) in [6.45, 7) is 5.63. The fourth-order valence-corrected chi connectivity index (χ4v) is 3.05. The molecule has 0 spiro atoms. The third kappa shape index (κ3) is 3.37. The van der Waals surface area contributed by atoms with Crippen LogP contribution in [0, 0.1) is 11.8 Å². The molecule has 4 nitrogen and oxygen atoms in total. The summed E-state index contributed by atoms with van der Waals surface area (Å²) in [6.07, 6.45) is 1.14. The number of phenolic OH excluding ortho intramolecular Hbond substituents is 1. The zero-order valence-electron chi connectivity index (χ0n) is 12.1. The van der Waals surface area contributed by atoms with Crippen molar-refractivity contribution in [2.75, 3.05) is 26.7 Å². The van der Waals surface area contributed by atoms with Crippen molar-refractivity contribution in [1.29, 1.82) is 0 Å². The van der Waals surface area contributed by atoms with Gasteiger partial charge in [0, 0.05) is 29.7 Å². The summed E-state index contributed by atoms with van der Waals surface area (Å²) in [5.41, 5.74) is 6.64. The Kier molecular flexibility index (Phi) is 5.13. The van der Waals surface area contributed by atoms with Gasteiger partial charge in [0.05, 0.1) is 7.11 Å². The van der Waals surface area contributed by atoms with E-state index in [1.54, 1.807) is 12.1 Å². The van der Waals surface area contributed by atoms with E-state index in [-0.39, 0.29) is 5.75 Å². The van der Waals surface area contributed by atoms with Crippen LogP contribution < -0.4 is 10.5 Å². The number of hydrogen-bond donors (Lipinski definition) is 2. The average molecular weight is 299 g/mol. The molecule has 3 N–H and O–H groups in total. The summed E-state index contributed by atoms with van der Waals surface area (Å²) in [5.74, 6) is 1.79. The molecular weight excluding hydrogens is 276 g/mol. The first-order chi connectivity index (χ1) is 9.55. The second-order valence-corrected chi connectivity index (χ2v) is 6.05. The van der Waals surface area contributed by atoms with Crippen LogP contribution in [-0.4, -0.2) is 36.8 Å². The van der Waals surface area contributed by atoms with Crippen molar-refractivity contribution in [2.24, 2.45) is 17.6 Å². The van der Waals surface area contributed by atoms with E-state index in [1.165, 1.54) is 7.11 Å². The molecule has 2 rings (SSSR count). The molecular formula is C15H23ClN2O2. The minimum atomic E-state index is 0.180. The van der Waals surface area contributed by atoms with Crippen LogP contribution in [0.15, 0.2) is 12.1 Å². The number of likely N-dealkylation sites (tertiary alicyclic amines) is 1. The third-order valence-electron chi connectivity index (χ3n) is 4.23. The van der Waals surface area contributed by atoms with Gasteiger partial charge in [-0.1, -0.05) is 18.5 Å². The quantitative estimate of drug-likeness (QED) is 0.896. The van der Waals surface area contributed by atoms with Gasteiger partial charge in [-0.2, -0.15) is 0 Å². The average Bonchev–Trinajstić information content (AvgIpc) is 2.44. The lowest BCUT2D eigenvalue weighted by Gasteiger charge is -2.36. The van der Waals surface area contributed by atoms with E-state index in [0.717, 1.165) is 25.1 Å². The Morgan fingerprint density at radius 1 is 1.50 bits per heavy atom. The summed E-state index contributed by atoms with van der Waals surface area (Å²) < 4.78 is 5.14. The van der Waals surface area contributed by atoms with Crippen molar-refractivity contribution < 1.29 is 9.84 Å². The number of rotatable bonds is 4. The van der Waals surface area contributed by atoms with Crippen LogP contribution in [0.5, 0.6) is 11.5 Å². The summed E-state index contributed by atoms with van der Waals surface area (Å²) in [5, 5.41) is 10.8. The molecule has 5 heteroatoms. The Labute approximate surface area is 125 Å². The summed E-state index contributed by atoms with van der Waals surface area (Å²) in [4.78, 5) is 2.32. The van der Waals surface area contributed by atoms with Crippen molar-refractivity contribution in [1.82, 2.24) is 4.90 Å². The molecule has 2 unspecified atom stereocenters. The summed E-state index contributed by atoms with van der Waals surface area (Å²) in [6, 6.07) is 3.43. The lowest BCUT2D eigenvalue weighted by Crippen LogP contribution is -2.42. The van der Waals surface area contributed by atoms with Crippen LogP contribution in [0.4, 0.5) is 0 Å². The number of phenols is 1. The van der Waals surface area contributed by atoms with Gasteiger partial charge in [-0.3, -0.25) is 4.90 Å². The summed E-state index contributed by atoms with van der Waals surface area (Å²) >= 11 is 6.07. The maximum atomic E-state index is 10.2. The maximum Gasteiger partial charge on any atom is 0.162 e. The maximum absolute atomic E-state index is 10.2. The normalized spacial score (nSPS) is 23.8. The van der Waals surface area contributed by atoms with E-state index in [9.17, 15) is 5.11 Å². The van der Waals surface area contributed by atoms with Gasteiger partial charge in [0.15, 0.2) is 11.5 Å². The smallest absolute Gasteiger partial charge is 0.162 e. The van der Waals surface area contributed by atoms with E-state index in [0.29, 0.717) is 35.7 Å². The van der Waals surface area contributed by atoms with Crippen LogP contribution >= 0.6 is 11.6 Å². The molecule has 1 aliphatic heterocycles. The Morgan fingerprint density at radius 3 is 2.90 bits per heavy atom. The fraction of sp³-hybridized carbons (Fsp3) is 0.600. The SMILES string of the molecule is COc1cc(Cl)cc(CN2CCC(C)C(CN)C2)c1O. The molecule has 112 valence electrons. The van der Waals surface area contributed by atoms with Gasteiger partial charge in [-0.15, -0.1) is 0 Å². The Bertz CT molecular complexity index is 467. The molecule has 0 amide bonds. The highest BCUT2D eigenvalue weighted by Crippen LogP contribution is 2.35. The minimum Gasteiger partial charge on any atom is -0.504 e. The molecule has 20 heavy (non-hydrogen) atoms. The van der Waals surface area contributed by atoms with Crippen molar-refractivity contribution in [3.05, 3.63) is 22.7 Å². The molecule has 2 atom stereocenters. The van der Waals surface area contributed by atoms with Gasteiger partial charge in [-0.25, -0.2) is 0 Å². The largest absolute Gasteiger partial charge is 0.504 e. The van der Waals surface area contributed by atoms with E-state index < -0.39 is 0 Å². The predicted molar refractivity (Wildman–Crippen MR) is 81.3 cm³/mol. The lowest BCUT2D eigenvalue weighted by atomic mass is 9.87. The van der Waals surface area contributed by atoms with Gasteiger partial charge in [-0.05, 0) is 37.4 Å². The molecule has 0 radical (unpaired) electrons. The first kappa shape index (κ1) is 15.4. The Morgan fingerprint density at radius 2 is 2.25 bits per heavy atom. The van der Waals surface area contributed by atoms with Crippen molar-refractivity contribution in [2.45, 2.75) is 19.9 Å². The number of hydrogen-bond acceptors (Lipinski definition) is 4. The van der Waals surface area contributed by atoms with Gasteiger partial charge in [0.25, 0.3) is 0 Å². The highest BCUT2D eigenvalue weighted by atomic mass is 35.5. The van der Waals surface area contributed by atoms with Crippen LogP contribution in [0.2, 0.25) is 5.02 Å². The number of nitrogens with two attached hydrogens (primary N) is 1. The molecule has 0 saturated carbocycles. The zero-order valence-corrected chi connectivity index (χ0v) is 12.9. The molecule has 1 aliphatic rings. The Hall–Kier alpha value is -0.970. The topological polar surface area (TPSA) is 58.7 Å². The van der Waals surface area contributed by atoms with E-state index in [4.69, 9.17) is 22.1 Å². The van der Waals surface area contributed by atoms with Gasteiger partial charge < -0.3 is 15.6 Å². The number of halogens is 1. The third-order valence-corrected chi connectivity index (χ3v) is 4.45. The van der Waals surface area contributed by atoms with Gasteiger partial charge in [0.2, 0.25) is 0 Å². The second-order valence-electron chi connectivity index (χ2n) is 5.61. The number of piperidine rings is 1. The van der Waals surface area contributed by atoms with Crippen LogP contribution in [0.25, 0.3) is 0 Å². The minimum absolute atomic E-state index is 0.180. The molecule has 1 fully saturated rings. The fourth-order valence-electron chi connectivity index (χ4n) is 2.82. The standard InChI is InChI=1S/C15H23ClN2O2/c1-10-3-4-18(9-12(10)7-17)8-11-5-13(16)6-14(20-2)15(11)19/h5-6,10,12,19H,3-4,7-9,17H2,1-2H3. The lowest BCUT2D eigenvalue weighted by molar-refractivity contribution is 0.125. The monoisotopic (exact) mass is 298 g/mol. The van der Waals surface area contributed by atoms with Crippen LogP contribution in [0.3, 0.4) is 0 Å². The first-order valence-corrected chi connectivity index (χ1v) is 7.40. The summed E-state index contributed by atoms with van der Waals surface area (Å²) in [7, 11) is 1.53. The number of ether oxygens (including phenoxy) is 1. The highest BCUT2D eigenvalue weighted by molar-refractivity contribution is 6.30. The number of methoxy groups -OCH3 is 1. The zero-order chi connectivity index (χ0) is 14.7. The number of aromatic hydroxyl groups is 1. The van der Waals surface area contributed by atoms with E-state index in [2.05, 4.69) is 11.8 Å². The molecule has 1 aromatic carbocycles. The second kappa shape index (κ2) is 6.66. The van der Waals surface area contributed by atoms with Crippen LogP contribution in [0.1, 0.15) is 18.9 Å². The number of benzene rings is 1. The first-order valence-electron chi connectivity index (χ1n) is 7.03. The molecule has 0 bridgehead atoms. The Balaban J connectivity index is 2.12. The van der Waals surface area contributed by atoms with Crippen LogP contribution in [-0.2, 0) is 6.54 Å². The van der Waals surface area contributed by atoms with Crippen molar-refractivity contribution in [3.8, 4) is 11.5 Å². The number of nitrogens with zero attached hydrogens (tertiary/aromatic N) is 1. The van der Waals surface area contributed by atoms with E-state index in [1.807, 2.05) is 0 Å². The van der Waals surface area contributed by atoms with Gasteiger partial charge >= 0.3 is 0 Å². The molecule has 0 aliphatic carbocycles. The molecule has 1 saturated heterocycles. The van der Waals surface area contributed by atoms with E-state index >= 15 is 0 Å². The van der Waals surface area contributed by atoms with Crippen molar-refractivity contribution in [3.63, 3.8) is 0 Å². The molecule has 1 aromatic rings.